The van der Waals surface area contributed by atoms with Gasteiger partial charge in [-0.15, -0.1) is 11.6 Å². The van der Waals surface area contributed by atoms with E-state index in [0.717, 1.165) is 14.7 Å². The third-order valence-electron chi connectivity index (χ3n) is 1.84. The lowest BCUT2D eigenvalue weighted by Gasteiger charge is -2.07. The van der Waals surface area contributed by atoms with Crippen LogP contribution < -0.4 is 0 Å². The van der Waals surface area contributed by atoms with Gasteiger partial charge in [-0.3, -0.25) is 4.79 Å². The van der Waals surface area contributed by atoms with Gasteiger partial charge in [0.2, 0.25) is 0 Å². The number of carbonyl (C=O) groups excluding carboxylic acids is 1. The molecule has 4 heteroatoms. The predicted molar refractivity (Wildman–Crippen MR) is 71.5 cm³/mol. The van der Waals surface area contributed by atoms with Crippen LogP contribution in [0.5, 0.6) is 0 Å². The third-order valence-corrected chi connectivity index (χ3v) is 3.43. The van der Waals surface area contributed by atoms with E-state index in [1.165, 1.54) is 0 Å². The Labute approximate surface area is 110 Å². The number of hydrogen-bond donors (Lipinski definition) is 0. The highest BCUT2D eigenvalue weighted by atomic mass is 127. The van der Waals surface area contributed by atoms with Crippen LogP contribution in [-0.2, 0) is 5.88 Å². The highest BCUT2D eigenvalue weighted by Gasteiger charge is 2.13. The fourth-order valence-electron chi connectivity index (χ4n) is 1.20. The van der Waals surface area contributed by atoms with Gasteiger partial charge in [-0.05, 0) is 34.2 Å². The van der Waals surface area contributed by atoms with E-state index in [9.17, 15) is 4.79 Å². The summed E-state index contributed by atoms with van der Waals surface area (Å²) in [5.41, 5.74) is 1.70. The van der Waals surface area contributed by atoms with E-state index in [2.05, 4.69) is 38.5 Å². The monoisotopic (exact) mass is 386 g/mol. The first-order valence-corrected chi connectivity index (χ1v) is 6.86. The number of benzene rings is 1. The zero-order valence-corrected chi connectivity index (χ0v) is 11.9. The molecule has 0 unspecified atom stereocenters. The Bertz CT molecular complexity index is 341. The molecular formula is C10H9BrClIO. The van der Waals surface area contributed by atoms with Gasteiger partial charge in [0.1, 0.15) is 0 Å². The van der Waals surface area contributed by atoms with E-state index in [-0.39, 0.29) is 5.78 Å². The number of carbonyl (C=O) groups is 1. The lowest BCUT2D eigenvalue weighted by molar-refractivity contribution is 0.0988. The Morgan fingerprint density at radius 2 is 2.21 bits per heavy atom. The van der Waals surface area contributed by atoms with Gasteiger partial charge < -0.3 is 0 Å². The minimum absolute atomic E-state index is 0.155. The van der Waals surface area contributed by atoms with Gasteiger partial charge >= 0.3 is 0 Å². The van der Waals surface area contributed by atoms with Gasteiger partial charge in [-0.25, -0.2) is 0 Å². The van der Waals surface area contributed by atoms with Gasteiger partial charge in [0.25, 0.3) is 0 Å². The zero-order chi connectivity index (χ0) is 10.6. The molecule has 0 aliphatic carbocycles. The van der Waals surface area contributed by atoms with Gasteiger partial charge in [0, 0.05) is 26.8 Å². The molecule has 1 aromatic rings. The fourth-order valence-corrected chi connectivity index (χ4v) is 2.64. The van der Waals surface area contributed by atoms with Gasteiger partial charge in [-0.2, -0.15) is 0 Å². The van der Waals surface area contributed by atoms with Crippen LogP contribution in [0.3, 0.4) is 0 Å². The molecule has 14 heavy (non-hydrogen) atoms. The Balaban J connectivity index is 3.10. The van der Waals surface area contributed by atoms with Gasteiger partial charge in [-0.1, -0.05) is 28.1 Å². The Morgan fingerprint density at radius 1 is 1.50 bits per heavy atom. The smallest absolute Gasteiger partial charge is 0.165 e. The molecule has 0 radical (unpaired) electrons. The Morgan fingerprint density at radius 3 is 2.79 bits per heavy atom. The van der Waals surface area contributed by atoms with Crippen LogP contribution in [-0.4, -0.2) is 11.1 Å². The zero-order valence-electron chi connectivity index (χ0n) is 7.40. The molecule has 0 amide bonds. The molecule has 0 saturated carbocycles. The molecule has 1 nitrogen and oxygen atoms in total. The van der Waals surface area contributed by atoms with Crippen molar-refractivity contribution in [2.75, 3.05) is 5.33 Å². The van der Waals surface area contributed by atoms with Gasteiger partial charge in [0.15, 0.2) is 5.78 Å². The largest absolute Gasteiger partial charge is 0.294 e. The molecule has 0 N–H and O–H groups in total. The molecule has 0 fully saturated rings. The normalized spacial score (nSPS) is 10.2. The van der Waals surface area contributed by atoms with Crippen LogP contribution in [0.25, 0.3) is 0 Å². The van der Waals surface area contributed by atoms with Crippen molar-refractivity contribution >= 4 is 55.9 Å². The van der Waals surface area contributed by atoms with Crippen LogP contribution in [0, 0.1) is 3.57 Å². The fraction of sp³-hybridized carbons (Fsp3) is 0.300. The molecule has 0 heterocycles. The average Bonchev–Trinajstić information content (AvgIpc) is 2.17. The van der Waals surface area contributed by atoms with E-state index in [4.69, 9.17) is 11.6 Å². The van der Waals surface area contributed by atoms with Crippen LogP contribution in [0.4, 0.5) is 0 Å². The summed E-state index contributed by atoms with van der Waals surface area (Å²) >= 11 is 11.2. The molecule has 0 saturated heterocycles. The van der Waals surface area contributed by atoms with E-state index < -0.39 is 0 Å². The minimum atomic E-state index is 0.155. The molecule has 0 aliphatic heterocycles. The van der Waals surface area contributed by atoms with Gasteiger partial charge in [0.05, 0.1) is 0 Å². The van der Waals surface area contributed by atoms with Crippen molar-refractivity contribution in [3.63, 3.8) is 0 Å². The highest BCUT2D eigenvalue weighted by Crippen LogP contribution is 2.20. The summed E-state index contributed by atoms with van der Waals surface area (Å²) in [7, 11) is 0. The lowest BCUT2D eigenvalue weighted by Crippen LogP contribution is -2.06. The number of ketones is 1. The molecule has 0 atom stereocenters. The van der Waals surface area contributed by atoms with Crippen LogP contribution in [0.15, 0.2) is 18.2 Å². The number of rotatable bonds is 4. The van der Waals surface area contributed by atoms with Crippen molar-refractivity contribution in [1.29, 1.82) is 0 Å². The summed E-state index contributed by atoms with van der Waals surface area (Å²) in [6.07, 6.45) is 0.518. The predicted octanol–water partition coefficient (Wildman–Crippen LogP) is 4.00. The second-order valence-electron chi connectivity index (χ2n) is 2.77. The van der Waals surface area contributed by atoms with E-state index in [0.29, 0.717) is 17.6 Å². The molecule has 1 rings (SSSR count). The van der Waals surface area contributed by atoms with Crippen molar-refractivity contribution < 1.29 is 4.79 Å². The number of Topliss-reactive ketones (excluding diaryl/α,β-unsaturated/α-hetero) is 1. The van der Waals surface area contributed by atoms with Crippen molar-refractivity contribution in [2.45, 2.75) is 12.3 Å². The maximum Gasteiger partial charge on any atom is 0.165 e. The SMILES string of the molecule is O=C(CCBr)c1c(I)cccc1CCl. The first-order valence-electron chi connectivity index (χ1n) is 4.13. The maximum atomic E-state index is 11.8. The Hall–Kier alpha value is 0.390. The second-order valence-corrected chi connectivity index (χ2v) is 4.99. The van der Waals surface area contributed by atoms with E-state index in [1.54, 1.807) is 0 Å². The molecule has 76 valence electrons. The topological polar surface area (TPSA) is 17.1 Å². The maximum absolute atomic E-state index is 11.8. The summed E-state index contributed by atoms with van der Waals surface area (Å²) in [5, 5.41) is 0.693. The van der Waals surface area contributed by atoms with Crippen LogP contribution in [0.2, 0.25) is 0 Å². The Kier molecular flexibility index (Phi) is 5.41. The number of hydrogen-bond acceptors (Lipinski definition) is 1. The standard InChI is InChI=1S/C10H9BrClIO/c11-5-4-9(14)10-7(6-12)2-1-3-8(10)13/h1-3H,4-6H2. The summed E-state index contributed by atoms with van der Waals surface area (Å²) in [4.78, 5) is 11.8. The van der Waals surface area contributed by atoms with Crippen LogP contribution in [0.1, 0.15) is 22.3 Å². The molecule has 0 spiro atoms. The molecule has 0 aliphatic rings. The second kappa shape index (κ2) is 6.08. The first-order chi connectivity index (χ1) is 6.70. The summed E-state index contributed by atoms with van der Waals surface area (Å²) in [6, 6.07) is 5.75. The molecular weight excluding hydrogens is 378 g/mol. The lowest BCUT2D eigenvalue weighted by atomic mass is 10.0. The van der Waals surface area contributed by atoms with Crippen molar-refractivity contribution in [3.8, 4) is 0 Å². The van der Waals surface area contributed by atoms with Crippen molar-refractivity contribution in [2.24, 2.45) is 0 Å². The molecule has 1 aromatic carbocycles. The molecule has 0 bridgehead atoms. The third kappa shape index (κ3) is 2.94. The molecule has 0 aromatic heterocycles. The first kappa shape index (κ1) is 12.5. The quantitative estimate of drug-likeness (QED) is 0.434. The summed E-state index contributed by atoms with van der Waals surface area (Å²) in [5.74, 6) is 0.544. The number of halogens is 3. The van der Waals surface area contributed by atoms with Crippen LogP contribution >= 0.6 is 50.1 Å². The van der Waals surface area contributed by atoms with E-state index >= 15 is 0 Å². The van der Waals surface area contributed by atoms with Crippen molar-refractivity contribution in [3.05, 3.63) is 32.9 Å². The summed E-state index contributed by atoms with van der Waals surface area (Å²) < 4.78 is 0.978. The van der Waals surface area contributed by atoms with E-state index in [1.807, 2.05) is 18.2 Å². The van der Waals surface area contributed by atoms with Crippen molar-refractivity contribution in [1.82, 2.24) is 0 Å². The average molecular weight is 387 g/mol. The summed E-state index contributed by atoms with van der Waals surface area (Å²) in [6.45, 7) is 0. The highest BCUT2D eigenvalue weighted by molar-refractivity contribution is 14.1. The minimum Gasteiger partial charge on any atom is -0.294 e. The number of alkyl halides is 2.